The number of rotatable bonds is 11. The first kappa shape index (κ1) is 30.1. The second-order valence-corrected chi connectivity index (χ2v) is 10.3. The van der Waals surface area contributed by atoms with Gasteiger partial charge in [0.15, 0.2) is 0 Å². The highest BCUT2D eigenvalue weighted by atomic mass is 19.4. The Morgan fingerprint density at radius 3 is 2.32 bits per heavy atom. The number of aryl methyl sites for hydroxylation is 2. The lowest BCUT2D eigenvalue weighted by atomic mass is 9.92. The largest absolute Gasteiger partial charge is 0.493 e. The van der Waals surface area contributed by atoms with Crippen molar-refractivity contribution in [2.24, 2.45) is 0 Å². The van der Waals surface area contributed by atoms with E-state index >= 15 is 0 Å². The molecule has 2 aromatic carbocycles. The zero-order valence-electron chi connectivity index (χ0n) is 23.1. The molecule has 4 rings (SSSR count). The number of halogens is 4. The van der Waals surface area contributed by atoms with Gasteiger partial charge < -0.3 is 14.5 Å². The number of ether oxygens (including phenoxy) is 1. The molecule has 41 heavy (non-hydrogen) atoms. The van der Waals surface area contributed by atoms with Crippen molar-refractivity contribution in [3.05, 3.63) is 74.9 Å². The van der Waals surface area contributed by atoms with Crippen LogP contribution in [0.2, 0.25) is 0 Å². The van der Waals surface area contributed by atoms with Gasteiger partial charge in [-0.25, -0.2) is 14.0 Å². The van der Waals surface area contributed by atoms with Crippen molar-refractivity contribution in [2.75, 3.05) is 13.2 Å². The number of imide groups is 1. The van der Waals surface area contributed by atoms with Gasteiger partial charge in [-0.05, 0) is 61.9 Å². The van der Waals surface area contributed by atoms with Crippen LogP contribution in [0.4, 0.5) is 22.4 Å². The molecule has 7 nitrogen and oxygen atoms in total. The van der Waals surface area contributed by atoms with E-state index in [2.05, 4.69) is 5.32 Å². The van der Waals surface area contributed by atoms with Gasteiger partial charge in [0.25, 0.3) is 5.91 Å². The number of carbonyl (C=O) groups is 2. The minimum absolute atomic E-state index is 0.121. The fourth-order valence-corrected chi connectivity index (χ4v) is 5.18. The van der Waals surface area contributed by atoms with E-state index in [0.29, 0.717) is 67.0 Å². The SMILES string of the molecule is CCCc1cc2c(C(F)(F)F)cc(=O)oc2c(CCC)c1OCCCCN1C(=O)NC(C)(c2ccc(F)cc2)C1=O. The Hall–Kier alpha value is -3.89. The number of alkyl halides is 3. The number of fused-ring (bicyclic) bond motifs is 1. The fourth-order valence-electron chi connectivity index (χ4n) is 5.18. The van der Waals surface area contributed by atoms with Gasteiger partial charge in [-0.2, -0.15) is 13.2 Å². The van der Waals surface area contributed by atoms with Crippen molar-refractivity contribution in [2.45, 2.75) is 71.0 Å². The zero-order valence-corrected chi connectivity index (χ0v) is 23.1. The van der Waals surface area contributed by atoms with Crippen LogP contribution in [-0.2, 0) is 29.4 Å². The Kier molecular flexibility index (Phi) is 8.74. The van der Waals surface area contributed by atoms with Gasteiger partial charge in [0, 0.05) is 23.6 Å². The molecule has 1 saturated heterocycles. The van der Waals surface area contributed by atoms with Crippen LogP contribution in [0, 0.1) is 5.82 Å². The smallest absolute Gasteiger partial charge is 0.417 e. The molecule has 0 radical (unpaired) electrons. The number of amides is 3. The predicted molar refractivity (Wildman–Crippen MR) is 144 cm³/mol. The number of hydrogen-bond donors (Lipinski definition) is 1. The Morgan fingerprint density at radius 1 is 1.00 bits per heavy atom. The van der Waals surface area contributed by atoms with E-state index in [9.17, 15) is 31.9 Å². The molecule has 1 N–H and O–H groups in total. The van der Waals surface area contributed by atoms with E-state index in [1.165, 1.54) is 30.3 Å². The van der Waals surface area contributed by atoms with Gasteiger partial charge in [0.2, 0.25) is 0 Å². The molecule has 3 aromatic rings. The number of benzene rings is 2. The van der Waals surface area contributed by atoms with Crippen molar-refractivity contribution in [3.63, 3.8) is 0 Å². The van der Waals surface area contributed by atoms with E-state index < -0.39 is 40.7 Å². The summed E-state index contributed by atoms with van der Waals surface area (Å²) in [7, 11) is 0. The van der Waals surface area contributed by atoms with Gasteiger partial charge in [-0.15, -0.1) is 0 Å². The minimum Gasteiger partial charge on any atom is -0.493 e. The summed E-state index contributed by atoms with van der Waals surface area (Å²) in [5.41, 5.74) is -2.08. The summed E-state index contributed by atoms with van der Waals surface area (Å²) in [5, 5.41) is 2.51. The molecular formula is C30H32F4N2O5. The quantitative estimate of drug-likeness (QED) is 0.122. The van der Waals surface area contributed by atoms with E-state index in [0.717, 1.165) is 4.90 Å². The Balaban J connectivity index is 1.51. The zero-order chi connectivity index (χ0) is 29.9. The highest BCUT2D eigenvalue weighted by molar-refractivity contribution is 6.07. The molecule has 2 heterocycles. The van der Waals surface area contributed by atoms with E-state index in [1.807, 2.05) is 13.8 Å². The van der Waals surface area contributed by atoms with Gasteiger partial charge in [0.1, 0.15) is 22.7 Å². The molecule has 0 bridgehead atoms. The summed E-state index contributed by atoms with van der Waals surface area (Å²) in [5.74, 6) is -0.498. The minimum atomic E-state index is -4.73. The van der Waals surface area contributed by atoms with Gasteiger partial charge in [-0.1, -0.05) is 38.8 Å². The van der Waals surface area contributed by atoms with Gasteiger partial charge in [0.05, 0.1) is 12.2 Å². The maximum atomic E-state index is 13.8. The Morgan fingerprint density at radius 2 is 1.68 bits per heavy atom. The first-order chi connectivity index (χ1) is 19.4. The molecular weight excluding hydrogens is 544 g/mol. The van der Waals surface area contributed by atoms with Crippen molar-refractivity contribution >= 4 is 22.9 Å². The molecule has 0 spiro atoms. The second-order valence-electron chi connectivity index (χ2n) is 10.3. The molecule has 0 aliphatic carbocycles. The highest BCUT2D eigenvalue weighted by Gasteiger charge is 2.48. The number of unbranched alkanes of at least 4 members (excludes halogenated alkanes) is 1. The Labute approximate surface area is 234 Å². The third-order valence-corrected chi connectivity index (χ3v) is 7.20. The predicted octanol–water partition coefficient (Wildman–Crippen LogP) is 6.48. The summed E-state index contributed by atoms with van der Waals surface area (Å²) in [6, 6.07) is 6.67. The molecule has 11 heteroatoms. The monoisotopic (exact) mass is 576 g/mol. The van der Waals surface area contributed by atoms with Crippen LogP contribution in [0.3, 0.4) is 0 Å². The number of carbonyl (C=O) groups excluding carboxylic acids is 2. The van der Waals surface area contributed by atoms with Crippen molar-refractivity contribution in [3.8, 4) is 5.75 Å². The summed E-state index contributed by atoms with van der Waals surface area (Å²) in [6.45, 7) is 5.63. The second kappa shape index (κ2) is 11.9. The summed E-state index contributed by atoms with van der Waals surface area (Å²) < 4.78 is 66.1. The highest BCUT2D eigenvalue weighted by Crippen LogP contribution is 2.40. The summed E-state index contributed by atoms with van der Waals surface area (Å²) >= 11 is 0. The van der Waals surface area contributed by atoms with Gasteiger partial charge >= 0.3 is 17.8 Å². The van der Waals surface area contributed by atoms with Crippen LogP contribution in [0.15, 0.2) is 45.6 Å². The molecule has 1 aliphatic rings. The number of hydrogen-bond acceptors (Lipinski definition) is 5. The van der Waals surface area contributed by atoms with Crippen LogP contribution >= 0.6 is 0 Å². The lowest BCUT2D eigenvalue weighted by molar-refractivity contribution is -0.136. The standard InChI is InChI=1S/C30H32F4N2O5/c1-4-8-18-16-22-23(30(32,33)34)17-24(37)41-26(22)21(9-5-2)25(18)40-15-7-6-14-36-27(38)29(3,35-28(36)39)19-10-12-20(31)13-11-19/h10-13,16-17H,4-9,14-15H2,1-3H3,(H,35,39). The molecule has 1 atom stereocenters. The van der Waals surface area contributed by atoms with E-state index in [1.54, 1.807) is 6.92 Å². The topological polar surface area (TPSA) is 88.8 Å². The summed E-state index contributed by atoms with van der Waals surface area (Å²) in [6.07, 6.45) is -1.83. The first-order valence-corrected chi connectivity index (χ1v) is 13.6. The molecule has 0 saturated carbocycles. The van der Waals surface area contributed by atoms with E-state index in [-0.39, 0.29) is 24.1 Å². The Bertz CT molecular complexity index is 1500. The molecule has 1 aliphatic heterocycles. The molecule has 1 aromatic heterocycles. The average Bonchev–Trinajstić information content (AvgIpc) is 3.13. The normalized spacial score (nSPS) is 17.4. The maximum Gasteiger partial charge on any atom is 0.417 e. The summed E-state index contributed by atoms with van der Waals surface area (Å²) in [4.78, 5) is 38.9. The van der Waals surface area contributed by atoms with E-state index in [4.69, 9.17) is 9.15 Å². The fraction of sp³-hybridized carbons (Fsp3) is 0.433. The lowest BCUT2D eigenvalue weighted by Crippen LogP contribution is -2.41. The van der Waals surface area contributed by atoms with Crippen molar-refractivity contribution in [1.82, 2.24) is 10.2 Å². The molecule has 1 unspecified atom stereocenters. The number of urea groups is 1. The van der Waals surface area contributed by atoms with Crippen LogP contribution < -0.4 is 15.7 Å². The third kappa shape index (κ3) is 6.08. The average molecular weight is 577 g/mol. The van der Waals surface area contributed by atoms with Crippen molar-refractivity contribution in [1.29, 1.82) is 0 Å². The lowest BCUT2D eigenvalue weighted by Gasteiger charge is -2.22. The molecule has 3 amide bonds. The van der Waals surface area contributed by atoms with Gasteiger partial charge in [-0.3, -0.25) is 9.69 Å². The van der Waals surface area contributed by atoms with Crippen LogP contribution in [0.5, 0.6) is 5.75 Å². The molecule has 220 valence electrons. The number of nitrogens with one attached hydrogen (secondary N) is 1. The van der Waals surface area contributed by atoms with Crippen LogP contribution in [-0.4, -0.2) is 30.0 Å². The molecule has 1 fully saturated rings. The number of nitrogens with zero attached hydrogens (tertiary/aromatic N) is 1. The first-order valence-electron chi connectivity index (χ1n) is 13.6. The third-order valence-electron chi connectivity index (χ3n) is 7.20. The van der Waals surface area contributed by atoms with Crippen LogP contribution in [0.25, 0.3) is 11.0 Å². The van der Waals surface area contributed by atoms with Crippen molar-refractivity contribution < 1.29 is 36.3 Å². The van der Waals surface area contributed by atoms with Crippen LogP contribution in [0.1, 0.15) is 68.7 Å². The maximum absolute atomic E-state index is 13.8.